The Balaban J connectivity index is 1.75. The zero-order valence-electron chi connectivity index (χ0n) is 15.3. The summed E-state index contributed by atoms with van der Waals surface area (Å²) >= 11 is 0. The van der Waals surface area contributed by atoms with Crippen LogP contribution in [0.1, 0.15) is 23.2 Å². The summed E-state index contributed by atoms with van der Waals surface area (Å²) in [6.07, 6.45) is 6.28. The number of aryl methyl sites for hydroxylation is 1. The molecule has 0 N–H and O–H groups in total. The van der Waals surface area contributed by atoms with Crippen LogP contribution in [0, 0.1) is 0 Å². The largest absolute Gasteiger partial charge is 0.470 e. The molecule has 0 spiro atoms. The van der Waals surface area contributed by atoms with Crippen molar-refractivity contribution >= 4 is 11.7 Å². The number of piperidine rings is 1. The van der Waals surface area contributed by atoms with Gasteiger partial charge in [0.25, 0.3) is 17.3 Å². The first-order valence-electron chi connectivity index (χ1n) is 8.57. The molecular weight excluding hydrogens is 334 g/mol. The van der Waals surface area contributed by atoms with Gasteiger partial charge in [0.2, 0.25) is 0 Å². The molecule has 0 aromatic carbocycles. The minimum absolute atomic E-state index is 0.184. The lowest BCUT2D eigenvalue weighted by atomic mass is 10.1. The second-order valence-corrected chi connectivity index (χ2v) is 6.55. The standard InChI is InChI=1S/C18H23N5O3/c1-21(2)15-16(20-9-8-19-15)26-13-6-4-11-23(12-13)18(25)14-7-5-10-22(3)17(14)24/h5,7-10,13H,4,6,11-12H2,1-3H3/t13-/m1/s1. The molecule has 8 heteroatoms. The van der Waals surface area contributed by atoms with E-state index in [1.54, 1.807) is 42.7 Å². The Bertz CT molecular complexity index is 849. The van der Waals surface area contributed by atoms with E-state index in [0.717, 1.165) is 12.8 Å². The van der Waals surface area contributed by atoms with E-state index in [9.17, 15) is 9.59 Å². The van der Waals surface area contributed by atoms with Gasteiger partial charge in [-0.25, -0.2) is 9.97 Å². The van der Waals surface area contributed by atoms with Crippen LogP contribution in [0.4, 0.5) is 5.82 Å². The van der Waals surface area contributed by atoms with Gasteiger partial charge in [-0.15, -0.1) is 0 Å². The van der Waals surface area contributed by atoms with Crippen LogP contribution in [0.25, 0.3) is 0 Å². The molecule has 1 atom stereocenters. The van der Waals surface area contributed by atoms with Crippen molar-refractivity contribution < 1.29 is 9.53 Å². The van der Waals surface area contributed by atoms with Crippen LogP contribution in [0.3, 0.4) is 0 Å². The summed E-state index contributed by atoms with van der Waals surface area (Å²) in [6, 6.07) is 3.28. The van der Waals surface area contributed by atoms with E-state index in [1.165, 1.54) is 4.57 Å². The van der Waals surface area contributed by atoms with Gasteiger partial charge in [0.05, 0.1) is 6.54 Å². The molecule has 138 valence electrons. The fourth-order valence-electron chi connectivity index (χ4n) is 3.01. The lowest BCUT2D eigenvalue weighted by Gasteiger charge is -2.33. The predicted molar refractivity (Wildman–Crippen MR) is 97.6 cm³/mol. The van der Waals surface area contributed by atoms with E-state index >= 15 is 0 Å². The van der Waals surface area contributed by atoms with Gasteiger partial charge in [0.1, 0.15) is 11.7 Å². The van der Waals surface area contributed by atoms with Crippen molar-refractivity contribution in [3.63, 3.8) is 0 Å². The number of aromatic nitrogens is 3. The average Bonchev–Trinajstić information content (AvgIpc) is 2.64. The molecule has 8 nitrogen and oxygen atoms in total. The van der Waals surface area contributed by atoms with E-state index in [4.69, 9.17) is 4.74 Å². The third kappa shape index (κ3) is 3.68. The molecule has 0 bridgehead atoms. The van der Waals surface area contributed by atoms with Gasteiger partial charge in [-0.1, -0.05) is 0 Å². The van der Waals surface area contributed by atoms with E-state index in [1.807, 2.05) is 19.0 Å². The molecule has 1 saturated heterocycles. The summed E-state index contributed by atoms with van der Waals surface area (Å²) in [6.45, 7) is 1.03. The number of hydrogen-bond donors (Lipinski definition) is 0. The number of likely N-dealkylation sites (tertiary alicyclic amines) is 1. The Morgan fingerprint density at radius 3 is 2.85 bits per heavy atom. The van der Waals surface area contributed by atoms with Crippen molar-refractivity contribution in [1.29, 1.82) is 0 Å². The Labute approximate surface area is 152 Å². The minimum atomic E-state index is -0.288. The average molecular weight is 357 g/mol. The normalized spacial score (nSPS) is 17.0. The smallest absolute Gasteiger partial charge is 0.263 e. The topological polar surface area (TPSA) is 80.6 Å². The number of anilines is 1. The number of carbonyl (C=O) groups is 1. The van der Waals surface area contributed by atoms with E-state index in [2.05, 4.69) is 9.97 Å². The van der Waals surface area contributed by atoms with Crippen LogP contribution in [-0.2, 0) is 7.05 Å². The molecule has 3 heterocycles. The molecule has 1 amide bonds. The molecular formula is C18H23N5O3. The lowest BCUT2D eigenvalue weighted by Crippen LogP contribution is -2.46. The number of pyridine rings is 1. The molecule has 0 unspecified atom stereocenters. The van der Waals surface area contributed by atoms with E-state index in [-0.39, 0.29) is 23.1 Å². The number of ether oxygens (including phenoxy) is 1. The zero-order valence-corrected chi connectivity index (χ0v) is 15.3. The van der Waals surface area contributed by atoms with Gasteiger partial charge in [-0.2, -0.15) is 0 Å². The van der Waals surface area contributed by atoms with E-state index in [0.29, 0.717) is 24.8 Å². The van der Waals surface area contributed by atoms with Gasteiger partial charge < -0.3 is 19.1 Å². The number of rotatable bonds is 4. The molecule has 26 heavy (non-hydrogen) atoms. The maximum absolute atomic E-state index is 12.8. The number of amides is 1. The highest BCUT2D eigenvalue weighted by molar-refractivity contribution is 5.93. The maximum Gasteiger partial charge on any atom is 0.263 e. The number of carbonyl (C=O) groups excluding carboxylic acids is 1. The van der Waals surface area contributed by atoms with Crippen LogP contribution >= 0.6 is 0 Å². The molecule has 1 aliphatic heterocycles. The first-order valence-corrected chi connectivity index (χ1v) is 8.57. The molecule has 0 aliphatic carbocycles. The Morgan fingerprint density at radius 2 is 2.08 bits per heavy atom. The molecule has 0 radical (unpaired) electrons. The molecule has 2 aromatic heterocycles. The van der Waals surface area contributed by atoms with Gasteiger partial charge in [0.15, 0.2) is 5.82 Å². The SMILES string of the molecule is CN(C)c1nccnc1O[C@@H]1CCCN(C(=O)c2cccn(C)c2=O)C1. The zero-order chi connectivity index (χ0) is 18.7. The highest BCUT2D eigenvalue weighted by Gasteiger charge is 2.28. The maximum atomic E-state index is 12.8. The number of hydrogen-bond acceptors (Lipinski definition) is 6. The van der Waals surface area contributed by atoms with Crippen LogP contribution in [0.5, 0.6) is 5.88 Å². The predicted octanol–water partition coefficient (Wildman–Crippen LogP) is 0.925. The van der Waals surface area contributed by atoms with Gasteiger partial charge in [0, 0.05) is 46.3 Å². The fourth-order valence-corrected chi connectivity index (χ4v) is 3.01. The van der Waals surface area contributed by atoms with Gasteiger partial charge in [-0.05, 0) is 25.0 Å². The molecule has 3 rings (SSSR count). The summed E-state index contributed by atoms with van der Waals surface area (Å²) in [5.41, 5.74) is -0.103. The summed E-state index contributed by atoms with van der Waals surface area (Å²) in [4.78, 5) is 37.0. The van der Waals surface area contributed by atoms with Crippen LogP contribution in [0.2, 0.25) is 0 Å². The van der Waals surface area contributed by atoms with Crippen LogP contribution < -0.4 is 15.2 Å². The van der Waals surface area contributed by atoms with Crippen molar-refractivity contribution in [2.45, 2.75) is 18.9 Å². The summed E-state index contributed by atoms with van der Waals surface area (Å²) in [7, 11) is 5.38. The highest BCUT2D eigenvalue weighted by atomic mass is 16.5. The lowest BCUT2D eigenvalue weighted by molar-refractivity contribution is 0.0526. The molecule has 2 aromatic rings. The van der Waals surface area contributed by atoms with Gasteiger partial charge in [-0.3, -0.25) is 9.59 Å². The summed E-state index contributed by atoms with van der Waals surface area (Å²) in [5, 5.41) is 0. The molecule has 0 saturated carbocycles. The first-order chi connectivity index (χ1) is 12.5. The number of nitrogens with zero attached hydrogens (tertiary/aromatic N) is 5. The second-order valence-electron chi connectivity index (χ2n) is 6.55. The first kappa shape index (κ1) is 17.9. The summed E-state index contributed by atoms with van der Waals surface area (Å²) in [5.74, 6) is 0.840. The van der Waals surface area contributed by atoms with Crippen molar-refractivity contribution in [2.75, 3.05) is 32.1 Å². The van der Waals surface area contributed by atoms with Crippen LogP contribution in [-0.4, -0.2) is 58.6 Å². The third-order valence-corrected chi connectivity index (χ3v) is 4.37. The van der Waals surface area contributed by atoms with Crippen molar-refractivity contribution in [2.24, 2.45) is 7.05 Å². The molecule has 1 fully saturated rings. The fraction of sp³-hybridized carbons (Fsp3) is 0.444. The summed E-state index contributed by atoms with van der Waals surface area (Å²) < 4.78 is 7.44. The molecule has 1 aliphatic rings. The Kier molecular flexibility index (Phi) is 5.20. The monoisotopic (exact) mass is 357 g/mol. The van der Waals surface area contributed by atoms with Crippen LogP contribution in [0.15, 0.2) is 35.5 Å². The van der Waals surface area contributed by atoms with Crippen molar-refractivity contribution in [3.05, 3.63) is 46.6 Å². The quantitative estimate of drug-likeness (QED) is 0.810. The third-order valence-electron chi connectivity index (χ3n) is 4.37. The van der Waals surface area contributed by atoms with Crippen molar-refractivity contribution in [3.8, 4) is 5.88 Å². The minimum Gasteiger partial charge on any atom is -0.470 e. The van der Waals surface area contributed by atoms with E-state index < -0.39 is 0 Å². The Hall–Kier alpha value is -2.90. The Morgan fingerprint density at radius 1 is 1.31 bits per heavy atom. The highest BCUT2D eigenvalue weighted by Crippen LogP contribution is 2.24. The van der Waals surface area contributed by atoms with Gasteiger partial charge >= 0.3 is 0 Å². The van der Waals surface area contributed by atoms with Crippen molar-refractivity contribution in [1.82, 2.24) is 19.4 Å². The second kappa shape index (κ2) is 7.55.